The van der Waals surface area contributed by atoms with E-state index in [1.165, 1.54) is 0 Å². The van der Waals surface area contributed by atoms with Crippen LogP contribution in [0.4, 0.5) is 5.69 Å². The molecule has 0 spiro atoms. The minimum absolute atomic E-state index is 0.507. The number of nitrogen functional groups attached to an aromatic ring is 1. The van der Waals surface area contributed by atoms with Crippen molar-refractivity contribution in [1.29, 1.82) is 0 Å². The molecule has 1 aromatic carbocycles. The molecule has 0 atom stereocenters. The van der Waals surface area contributed by atoms with E-state index < -0.39 is 0 Å². The molecule has 1 heterocycles. The molecule has 2 nitrogen and oxygen atoms in total. The van der Waals surface area contributed by atoms with Crippen molar-refractivity contribution in [2.24, 2.45) is 0 Å². The number of benzene rings is 1. The van der Waals surface area contributed by atoms with Crippen LogP contribution < -0.4 is 5.73 Å². The Labute approximate surface area is 81.3 Å². The minimum Gasteiger partial charge on any atom is -0.399 e. The maximum Gasteiger partial charge on any atom is 0.136 e. The Balaban J connectivity index is 2.92. The molecule has 0 aliphatic rings. The van der Waals surface area contributed by atoms with Gasteiger partial charge in [0.2, 0.25) is 0 Å². The molecule has 0 aliphatic carbocycles. The summed E-state index contributed by atoms with van der Waals surface area (Å²) in [7, 11) is 0. The summed E-state index contributed by atoms with van der Waals surface area (Å²) in [6.07, 6.45) is 1.76. The van der Waals surface area contributed by atoms with Crippen molar-refractivity contribution in [3.8, 4) is 0 Å². The second-order valence-electron chi connectivity index (χ2n) is 3.04. The largest absolute Gasteiger partial charge is 0.399 e. The Kier molecular flexibility index (Phi) is 1.85. The zero-order valence-electron chi connectivity index (χ0n) is 7.21. The third-order valence-corrected chi connectivity index (χ3v) is 2.36. The third-order valence-electron chi connectivity index (χ3n) is 2.06. The van der Waals surface area contributed by atoms with Crippen molar-refractivity contribution >= 4 is 28.1 Å². The van der Waals surface area contributed by atoms with Gasteiger partial charge < -0.3 is 5.73 Å². The lowest BCUT2D eigenvalue weighted by Crippen LogP contribution is -1.87. The van der Waals surface area contributed by atoms with Gasteiger partial charge in [-0.15, -0.1) is 0 Å². The van der Waals surface area contributed by atoms with Crippen LogP contribution in [0.3, 0.4) is 0 Å². The van der Waals surface area contributed by atoms with E-state index in [9.17, 15) is 0 Å². The first-order valence-electron chi connectivity index (χ1n) is 3.99. The summed E-state index contributed by atoms with van der Waals surface area (Å²) in [6, 6.07) is 5.68. The number of nitrogens with two attached hydrogens (primary N) is 1. The van der Waals surface area contributed by atoms with E-state index in [-0.39, 0.29) is 0 Å². The van der Waals surface area contributed by atoms with E-state index in [1.54, 1.807) is 6.20 Å². The van der Waals surface area contributed by atoms with E-state index in [2.05, 4.69) is 4.98 Å². The number of pyridine rings is 1. The van der Waals surface area contributed by atoms with Crippen LogP contribution in [0.15, 0.2) is 24.4 Å². The number of aryl methyl sites for hydroxylation is 1. The number of hydrogen-bond acceptors (Lipinski definition) is 2. The van der Waals surface area contributed by atoms with Crippen LogP contribution in [0.25, 0.3) is 10.8 Å². The Bertz CT molecular complexity index is 466. The van der Waals surface area contributed by atoms with Crippen LogP contribution in [0, 0.1) is 6.92 Å². The molecule has 0 amide bonds. The number of aromatic nitrogens is 1. The van der Waals surface area contributed by atoms with Crippen LogP contribution in [0.2, 0.25) is 5.15 Å². The van der Waals surface area contributed by atoms with Crippen molar-refractivity contribution in [2.75, 3.05) is 5.73 Å². The molecule has 0 bridgehead atoms. The van der Waals surface area contributed by atoms with Gasteiger partial charge in [-0.3, -0.25) is 0 Å². The zero-order valence-corrected chi connectivity index (χ0v) is 7.97. The van der Waals surface area contributed by atoms with Gasteiger partial charge >= 0.3 is 0 Å². The van der Waals surface area contributed by atoms with Crippen LogP contribution >= 0.6 is 11.6 Å². The molecule has 2 rings (SSSR count). The van der Waals surface area contributed by atoms with Crippen molar-refractivity contribution in [2.45, 2.75) is 6.92 Å². The normalized spacial score (nSPS) is 10.6. The highest BCUT2D eigenvalue weighted by molar-refractivity contribution is 6.34. The summed E-state index contributed by atoms with van der Waals surface area (Å²) in [6.45, 7) is 2.00. The number of rotatable bonds is 0. The molecule has 13 heavy (non-hydrogen) atoms. The highest BCUT2D eigenvalue weighted by Gasteiger charge is 2.02. The Hall–Kier alpha value is -1.28. The van der Waals surface area contributed by atoms with Gasteiger partial charge in [0.05, 0.1) is 0 Å². The number of nitrogens with zero attached hydrogens (tertiary/aromatic N) is 1. The first-order valence-corrected chi connectivity index (χ1v) is 4.36. The van der Waals surface area contributed by atoms with Gasteiger partial charge in [-0.25, -0.2) is 4.98 Å². The van der Waals surface area contributed by atoms with Crippen molar-refractivity contribution in [1.82, 2.24) is 4.98 Å². The zero-order chi connectivity index (χ0) is 9.42. The molecule has 0 saturated heterocycles. The van der Waals surface area contributed by atoms with E-state index in [1.807, 2.05) is 25.1 Å². The quantitative estimate of drug-likeness (QED) is 0.515. The lowest BCUT2D eigenvalue weighted by Gasteiger charge is -2.03. The summed E-state index contributed by atoms with van der Waals surface area (Å²) >= 11 is 5.93. The lowest BCUT2D eigenvalue weighted by atomic mass is 10.1. The first-order chi connectivity index (χ1) is 6.18. The van der Waals surface area contributed by atoms with Crippen LogP contribution in [-0.4, -0.2) is 4.98 Å². The topological polar surface area (TPSA) is 38.9 Å². The number of hydrogen-bond donors (Lipinski definition) is 1. The lowest BCUT2D eigenvalue weighted by molar-refractivity contribution is 1.31. The Morgan fingerprint density at radius 1 is 1.31 bits per heavy atom. The number of fused-ring (bicyclic) bond motifs is 1. The van der Waals surface area contributed by atoms with E-state index >= 15 is 0 Å². The molecule has 0 fully saturated rings. The second kappa shape index (κ2) is 2.89. The summed E-state index contributed by atoms with van der Waals surface area (Å²) in [4.78, 5) is 4.06. The predicted molar refractivity (Wildman–Crippen MR) is 55.9 cm³/mol. The van der Waals surface area contributed by atoms with Crippen molar-refractivity contribution < 1.29 is 0 Å². The fourth-order valence-electron chi connectivity index (χ4n) is 1.37. The minimum atomic E-state index is 0.507. The molecule has 2 N–H and O–H groups in total. The highest BCUT2D eigenvalue weighted by atomic mass is 35.5. The van der Waals surface area contributed by atoms with Gasteiger partial charge in [0, 0.05) is 17.3 Å². The molecular formula is C10H9ClN2. The van der Waals surface area contributed by atoms with Gasteiger partial charge in [0.15, 0.2) is 0 Å². The van der Waals surface area contributed by atoms with Crippen LogP contribution in [-0.2, 0) is 0 Å². The first kappa shape index (κ1) is 8.32. The maximum absolute atomic E-state index is 5.93. The molecule has 3 heteroatoms. The average Bonchev–Trinajstić information content (AvgIpc) is 2.12. The summed E-state index contributed by atoms with van der Waals surface area (Å²) in [5.74, 6) is 0. The fraction of sp³-hybridized carbons (Fsp3) is 0.100. The van der Waals surface area contributed by atoms with E-state index in [0.29, 0.717) is 10.8 Å². The standard InChI is InChI=1S/C10H9ClN2/c1-6-5-13-10(11)9-4-7(12)2-3-8(6)9/h2-5H,12H2,1H3. The summed E-state index contributed by atoms with van der Waals surface area (Å²) in [5.41, 5.74) is 7.48. The van der Waals surface area contributed by atoms with E-state index in [4.69, 9.17) is 17.3 Å². The van der Waals surface area contributed by atoms with Crippen LogP contribution in [0.1, 0.15) is 5.56 Å². The smallest absolute Gasteiger partial charge is 0.136 e. The molecule has 0 unspecified atom stereocenters. The summed E-state index contributed by atoms with van der Waals surface area (Å²) < 4.78 is 0. The Morgan fingerprint density at radius 3 is 2.85 bits per heavy atom. The molecule has 0 saturated carbocycles. The summed E-state index contributed by atoms with van der Waals surface area (Å²) in [5, 5.41) is 2.53. The fourth-order valence-corrected chi connectivity index (χ4v) is 1.57. The molecule has 0 radical (unpaired) electrons. The molecule has 2 aromatic rings. The monoisotopic (exact) mass is 192 g/mol. The average molecular weight is 193 g/mol. The number of halogens is 1. The molecule has 66 valence electrons. The van der Waals surface area contributed by atoms with Gasteiger partial charge in [-0.1, -0.05) is 17.7 Å². The van der Waals surface area contributed by atoms with Gasteiger partial charge in [-0.05, 0) is 30.0 Å². The van der Waals surface area contributed by atoms with Crippen molar-refractivity contribution in [3.63, 3.8) is 0 Å². The highest BCUT2D eigenvalue weighted by Crippen LogP contribution is 2.25. The van der Waals surface area contributed by atoms with Gasteiger partial charge in [0.1, 0.15) is 5.15 Å². The predicted octanol–water partition coefficient (Wildman–Crippen LogP) is 2.78. The Morgan fingerprint density at radius 2 is 2.08 bits per heavy atom. The maximum atomic E-state index is 5.93. The van der Waals surface area contributed by atoms with E-state index in [0.717, 1.165) is 16.3 Å². The third kappa shape index (κ3) is 1.33. The molecule has 1 aromatic heterocycles. The number of anilines is 1. The van der Waals surface area contributed by atoms with Gasteiger partial charge in [-0.2, -0.15) is 0 Å². The second-order valence-corrected chi connectivity index (χ2v) is 3.40. The SMILES string of the molecule is Cc1cnc(Cl)c2cc(N)ccc12. The molecule has 0 aliphatic heterocycles. The van der Waals surface area contributed by atoms with Gasteiger partial charge in [0.25, 0.3) is 0 Å². The van der Waals surface area contributed by atoms with Crippen LogP contribution in [0.5, 0.6) is 0 Å². The molecular weight excluding hydrogens is 184 g/mol. The van der Waals surface area contributed by atoms with Crippen molar-refractivity contribution in [3.05, 3.63) is 35.1 Å².